The molecule has 0 aliphatic rings. The van der Waals surface area contributed by atoms with Gasteiger partial charge in [-0.2, -0.15) is 0 Å². The summed E-state index contributed by atoms with van der Waals surface area (Å²) in [5, 5.41) is 0. The van der Waals surface area contributed by atoms with Gasteiger partial charge < -0.3 is 4.74 Å². The summed E-state index contributed by atoms with van der Waals surface area (Å²) in [6, 6.07) is 0. The Kier molecular flexibility index (Phi) is 8.87. The van der Waals surface area contributed by atoms with Crippen LogP contribution in [0.4, 0.5) is 0 Å². The standard InChI is InChI=1S/C13H24O3/c1-4-5-6-7-8-9-10-13(11(2)14)16-12(3)15/h13H,4-10H2,1-3H3. The van der Waals surface area contributed by atoms with Crippen LogP contribution in [0.2, 0.25) is 0 Å². The highest BCUT2D eigenvalue weighted by Gasteiger charge is 2.16. The second-order valence-corrected chi connectivity index (χ2v) is 4.27. The van der Waals surface area contributed by atoms with E-state index in [9.17, 15) is 9.59 Å². The Morgan fingerprint density at radius 3 is 2.06 bits per heavy atom. The van der Waals surface area contributed by atoms with E-state index in [1.165, 1.54) is 39.5 Å². The molecule has 0 aliphatic carbocycles. The SMILES string of the molecule is CCCCCCCCC(OC(C)=O)C(C)=O. The zero-order valence-corrected chi connectivity index (χ0v) is 10.8. The van der Waals surface area contributed by atoms with E-state index < -0.39 is 6.10 Å². The van der Waals surface area contributed by atoms with Crippen molar-refractivity contribution in [3.63, 3.8) is 0 Å². The number of carbonyl (C=O) groups excluding carboxylic acids is 2. The van der Waals surface area contributed by atoms with Gasteiger partial charge in [0.1, 0.15) is 0 Å². The van der Waals surface area contributed by atoms with Crippen LogP contribution < -0.4 is 0 Å². The van der Waals surface area contributed by atoms with Crippen LogP contribution in [-0.2, 0) is 14.3 Å². The molecule has 0 saturated heterocycles. The largest absolute Gasteiger partial charge is 0.455 e. The van der Waals surface area contributed by atoms with Gasteiger partial charge in [0.25, 0.3) is 0 Å². The Bertz CT molecular complexity index is 211. The molecule has 0 aromatic heterocycles. The number of hydrogen-bond acceptors (Lipinski definition) is 3. The smallest absolute Gasteiger partial charge is 0.303 e. The van der Waals surface area contributed by atoms with Gasteiger partial charge in [0.15, 0.2) is 11.9 Å². The number of ether oxygens (including phenoxy) is 1. The first-order valence-corrected chi connectivity index (χ1v) is 6.25. The molecule has 0 aromatic carbocycles. The Labute approximate surface area is 98.6 Å². The lowest BCUT2D eigenvalue weighted by atomic mass is 10.1. The minimum absolute atomic E-state index is 0.0521. The molecule has 0 bridgehead atoms. The molecule has 3 nitrogen and oxygen atoms in total. The molecule has 0 aliphatic heterocycles. The van der Waals surface area contributed by atoms with Crippen LogP contribution in [0.3, 0.4) is 0 Å². The highest BCUT2D eigenvalue weighted by molar-refractivity contribution is 5.82. The predicted octanol–water partition coefficient (Wildman–Crippen LogP) is 3.26. The Morgan fingerprint density at radius 1 is 1.00 bits per heavy atom. The molecular formula is C13H24O3. The fraction of sp³-hybridized carbons (Fsp3) is 0.846. The van der Waals surface area contributed by atoms with Crippen molar-refractivity contribution >= 4 is 11.8 Å². The maximum absolute atomic E-state index is 11.2. The van der Waals surface area contributed by atoms with Gasteiger partial charge in [-0.15, -0.1) is 0 Å². The summed E-state index contributed by atoms with van der Waals surface area (Å²) >= 11 is 0. The van der Waals surface area contributed by atoms with E-state index in [1.807, 2.05) is 0 Å². The van der Waals surface area contributed by atoms with Crippen molar-refractivity contribution < 1.29 is 14.3 Å². The predicted molar refractivity (Wildman–Crippen MR) is 64.2 cm³/mol. The second-order valence-electron chi connectivity index (χ2n) is 4.27. The number of esters is 1. The van der Waals surface area contributed by atoms with Crippen molar-refractivity contribution in [1.29, 1.82) is 0 Å². The average Bonchev–Trinajstić information content (AvgIpc) is 2.20. The summed E-state index contributed by atoms with van der Waals surface area (Å²) in [7, 11) is 0. The van der Waals surface area contributed by atoms with Crippen LogP contribution >= 0.6 is 0 Å². The Morgan fingerprint density at radius 2 is 1.56 bits per heavy atom. The van der Waals surface area contributed by atoms with Crippen LogP contribution in [-0.4, -0.2) is 17.9 Å². The molecule has 1 unspecified atom stereocenters. The van der Waals surface area contributed by atoms with Gasteiger partial charge in [-0.05, 0) is 19.8 Å². The summed E-state index contributed by atoms with van der Waals surface area (Å²) in [5.41, 5.74) is 0. The molecule has 0 spiro atoms. The fourth-order valence-electron chi connectivity index (χ4n) is 1.66. The zero-order chi connectivity index (χ0) is 12.4. The molecule has 94 valence electrons. The summed E-state index contributed by atoms with van der Waals surface area (Å²) in [5.74, 6) is -0.421. The molecular weight excluding hydrogens is 204 g/mol. The normalized spacial score (nSPS) is 12.2. The van der Waals surface area contributed by atoms with E-state index in [0.29, 0.717) is 6.42 Å². The van der Waals surface area contributed by atoms with Crippen LogP contribution in [0.15, 0.2) is 0 Å². The third-order valence-electron chi connectivity index (χ3n) is 2.58. The first-order chi connectivity index (χ1) is 7.57. The van der Waals surface area contributed by atoms with Gasteiger partial charge in [-0.3, -0.25) is 9.59 Å². The number of unbranched alkanes of at least 4 members (excludes halogenated alkanes) is 5. The summed E-state index contributed by atoms with van der Waals surface area (Å²) in [6.07, 6.45) is 7.20. The number of hydrogen-bond donors (Lipinski definition) is 0. The Hall–Kier alpha value is -0.860. The van der Waals surface area contributed by atoms with Gasteiger partial charge in [0.05, 0.1) is 0 Å². The van der Waals surface area contributed by atoms with Crippen molar-refractivity contribution in [3.05, 3.63) is 0 Å². The lowest BCUT2D eigenvalue weighted by molar-refractivity contribution is -0.152. The van der Waals surface area contributed by atoms with Crippen LogP contribution in [0.25, 0.3) is 0 Å². The van der Waals surface area contributed by atoms with Crippen LogP contribution in [0, 0.1) is 0 Å². The second kappa shape index (κ2) is 9.37. The quantitative estimate of drug-likeness (QED) is 0.449. The summed E-state index contributed by atoms with van der Waals surface area (Å²) in [6.45, 7) is 5.01. The molecule has 0 N–H and O–H groups in total. The first-order valence-electron chi connectivity index (χ1n) is 6.25. The topological polar surface area (TPSA) is 43.4 Å². The lowest BCUT2D eigenvalue weighted by Gasteiger charge is -2.13. The fourth-order valence-corrected chi connectivity index (χ4v) is 1.66. The van der Waals surface area contributed by atoms with Crippen molar-refractivity contribution in [2.45, 2.75) is 71.8 Å². The van der Waals surface area contributed by atoms with Gasteiger partial charge in [-0.25, -0.2) is 0 Å². The number of rotatable bonds is 9. The monoisotopic (exact) mass is 228 g/mol. The van der Waals surface area contributed by atoms with E-state index >= 15 is 0 Å². The summed E-state index contributed by atoms with van der Waals surface area (Å²) < 4.78 is 4.95. The molecule has 0 amide bonds. The molecule has 16 heavy (non-hydrogen) atoms. The summed E-state index contributed by atoms with van der Waals surface area (Å²) in [4.78, 5) is 21.9. The first kappa shape index (κ1) is 15.1. The van der Waals surface area contributed by atoms with Crippen LogP contribution in [0.1, 0.15) is 65.7 Å². The van der Waals surface area contributed by atoms with Gasteiger partial charge in [0, 0.05) is 6.92 Å². The minimum Gasteiger partial charge on any atom is -0.455 e. The third kappa shape index (κ3) is 8.45. The van der Waals surface area contributed by atoms with E-state index in [-0.39, 0.29) is 11.8 Å². The number of ketones is 1. The van der Waals surface area contributed by atoms with Gasteiger partial charge in [0.2, 0.25) is 0 Å². The van der Waals surface area contributed by atoms with E-state index in [4.69, 9.17) is 4.74 Å². The molecule has 0 heterocycles. The maximum atomic E-state index is 11.2. The molecule has 1 atom stereocenters. The van der Waals surface area contributed by atoms with Gasteiger partial charge >= 0.3 is 5.97 Å². The number of carbonyl (C=O) groups is 2. The highest BCUT2D eigenvalue weighted by Crippen LogP contribution is 2.11. The molecule has 0 radical (unpaired) electrons. The lowest BCUT2D eigenvalue weighted by Crippen LogP contribution is -2.24. The highest BCUT2D eigenvalue weighted by atomic mass is 16.5. The van der Waals surface area contributed by atoms with Crippen molar-refractivity contribution in [1.82, 2.24) is 0 Å². The minimum atomic E-state index is -0.524. The molecule has 0 fully saturated rings. The van der Waals surface area contributed by atoms with Crippen molar-refractivity contribution in [2.24, 2.45) is 0 Å². The Balaban J connectivity index is 3.60. The third-order valence-corrected chi connectivity index (χ3v) is 2.58. The van der Waals surface area contributed by atoms with Crippen LogP contribution in [0.5, 0.6) is 0 Å². The van der Waals surface area contributed by atoms with Crippen molar-refractivity contribution in [3.8, 4) is 0 Å². The molecule has 0 aromatic rings. The van der Waals surface area contributed by atoms with E-state index in [1.54, 1.807) is 0 Å². The molecule has 0 rings (SSSR count). The molecule has 0 saturated carbocycles. The average molecular weight is 228 g/mol. The number of Topliss-reactive ketones (excluding diaryl/α,β-unsaturated/α-hetero) is 1. The molecule has 3 heteroatoms. The maximum Gasteiger partial charge on any atom is 0.303 e. The van der Waals surface area contributed by atoms with Gasteiger partial charge in [-0.1, -0.05) is 39.0 Å². The van der Waals surface area contributed by atoms with Crippen molar-refractivity contribution in [2.75, 3.05) is 0 Å². The van der Waals surface area contributed by atoms with E-state index in [2.05, 4.69) is 6.92 Å². The zero-order valence-electron chi connectivity index (χ0n) is 10.8. The van der Waals surface area contributed by atoms with E-state index in [0.717, 1.165) is 12.8 Å².